The topological polar surface area (TPSA) is 20.2 Å². The third kappa shape index (κ3) is 12.5. The van der Waals surface area contributed by atoms with Crippen molar-refractivity contribution in [2.45, 2.75) is 58.3 Å². The van der Waals surface area contributed by atoms with Crippen LogP contribution in [-0.4, -0.2) is 5.11 Å². The molecule has 0 aliphatic heterocycles. The summed E-state index contributed by atoms with van der Waals surface area (Å²) in [6.45, 7) is 2.23. The third-order valence-electron chi connectivity index (χ3n) is 2.24. The highest BCUT2D eigenvalue weighted by molar-refractivity contribution is 5.34. The first-order valence-corrected chi connectivity index (χ1v) is 6.03. The number of aliphatic hydroxyl groups excluding tert-OH is 1. The molecule has 0 heterocycles. The summed E-state index contributed by atoms with van der Waals surface area (Å²) in [7, 11) is 0. The van der Waals surface area contributed by atoms with Crippen molar-refractivity contribution in [1.29, 1.82) is 0 Å². The standard InChI is InChI=1S/C15H20O/c1-2-3-4-5-6-7-8-9-10-11-12-13-14-15-16/h16H,2-9H2,1H3. The van der Waals surface area contributed by atoms with E-state index in [-0.39, 0.29) is 0 Å². The number of hydrogen-bond donors (Lipinski definition) is 1. The molecule has 0 aromatic rings. The van der Waals surface area contributed by atoms with Crippen molar-refractivity contribution in [2.75, 3.05) is 0 Å². The zero-order valence-corrected chi connectivity index (χ0v) is 10.1. The van der Waals surface area contributed by atoms with Gasteiger partial charge >= 0.3 is 0 Å². The van der Waals surface area contributed by atoms with Crippen molar-refractivity contribution in [3.05, 3.63) is 0 Å². The molecule has 0 rings (SSSR count). The van der Waals surface area contributed by atoms with Crippen molar-refractivity contribution in [3.63, 3.8) is 0 Å². The van der Waals surface area contributed by atoms with Crippen LogP contribution in [0.2, 0.25) is 0 Å². The molecule has 0 aromatic carbocycles. The lowest BCUT2D eigenvalue weighted by atomic mass is 10.1. The van der Waals surface area contributed by atoms with Gasteiger partial charge in [0.25, 0.3) is 0 Å². The van der Waals surface area contributed by atoms with Crippen molar-refractivity contribution in [3.8, 4) is 35.7 Å². The Bertz CT molecular complexity index is 322. The van der Waals surface area contributed by atoms with Crippen LogP contribution in [0.25, 0.3) is 0 Å². The summed E-state index contributed by atoms with van der Waals surface area (Å²) in [4.78, 5) is 0. The quantitative estimate of drug-likeness (QED) is 0.510. The van der Waals surface area contributed by atoms with Crippen LogP contribution in [0.1, 0.15) is 58.3 Å². The third-order valence-corrected chi connectivity index (χ3v) is 2.24. The first-order valence-electron chi connectivity index (χ1n) is 6.03. The van der Waals surface area contributed by atoms with Crippen LogP contribution in [0.15, 0.2) is 0 Å². The Balaban J connectivity index is 3.26. The summed E-state index contributed by atoms with van der Waals surface area (Å²) in [6.07, 6.45) is 11.8. The van der Waals surface area contributed by atoms with E-state index in [9.17, 15) is 0 Å². The molecular weight excluding hydrogens is 196 g/mol. The summed E-state index contributed by atoms with van der Waals surface area (Å²) in [5, 5.41) is 8.12. The minimum Gasteiger partial charge on any atom is -0.461 e. The summed E-state index contributed by atoms with van der Waals surface area (Å²) >= 11 is 0. The molecule has 0 fully saturated rings. The van der Waals surface area contributed by atoms with Gasteiger partial charge in [0.1, 0.15) is 6.11 Å². The monoisotopic (exact) mass is 216 g/mol. The van der Waals surface area contributed by atoms with Crippen LogP contribution >= 0.6 is 0 Å². The second-order valence-electron chi connectivity index (χ2n) is 3.66. The fourth-order valence-corrected chi connectivity index (χ4v) is 1.37. The highest BCUT2D eigenvalue weighted by atomic mass is 16.2. The summed E-state index contributed by atoms with van der Waals surface area (Å²) in [6, 6.07) is 0. The van der Waals surface area contributed by atoms with Gasteiger partial charge in [0.05, 0.1) is 0 Å². The average molecular weight is 216 g/mol. The van der Waals surface area contributed by atoms with E-state index in [0.29, 0.717) is 0 Å². The van der Waals surface area contributed by atoms with Gasteiger partial charge in [0, 0.05) is 18.3 Å². The van der Waals surface area contributed by atoms with Crippen LogP contribution in [0.4, 0.5) is 0 Å². The van der Waals surface area contributed by atoms with Crippen molar-refractivity contribution in [1.82, 2.24) is 0 Å². The highest BCUT2D eigenvalue weighted by Crippen LogP contribution is 2.07. The molecule has 0 amide bonds. The predicted molar refractivity (Wildman–Crippen MR) is 67.9 cm³/mol. The molecule has 0 aromatic heterocycles. The lowest BCUT2D eigenvalue weighted by molar-refractivity contribution is 0.517. The highest BCUT2D eigenvalue weighted by Gasteiger charge is 1.88. The lowest BCUT2D eigenvalue weighted by Crippen LogP contribution is -1.78. The summed E-state index contributed by atoms with van der Waals surface area (Å²) < 4.78 is 0. The van der Waals surface area contributed by atoms with Gasteiger partial charge in [-0.05, 0) is 18.3 Å². The van der Waals surface area contributed by atoms with Gasteiger partial charge in [0.15, 0.2) is 0 Å². The molecule has 0 radical (unpaired) electrons. The van der Waals surface area contributed by atoms with Crippen LogP contribution < -0.4 is 0 Å². The fraction of sp³-hybridized carbons (Fsp3) is 0.600. The molecule has 1 heteroatoms. The summed E-state index contributed by atoms with van der Waals surface area (Å²) in [5.41, 5.74) is 0. The Hall–Kier alpha value is -1.52. The summed E-state index contributed by atoms with van der Waals surface area (Å²) in [5.74, 6) is 12.9. The van der Waals surface area contributed by atoms with E-state index in [1.165, 1.54) is 38.5 Å². The van der Waals surface area contributed by atoms with Crippen LogP contribution in [0.5, 0.6) is 0 Å². The maximum Gasteiger partial charge on any atom is 0.122 e. The Kier molecular flexibility index (Phi) is 12.2. The maximum absolute atomic E-state index is 8.12. The van der Waals surface area contributed by atoms with Gasteiger partial charge in [-0.15, -0.1) is 0 Å². The van der Waals surface area contributed by atoms with Gasteiger partial charge in [0.2, 0.25) is 0 Å². The molecule has 0 saturated carbocycles. The Labute approximate surface area is 99.6 Å². The smallest absolute Gasteiger partial charge is 0.122 e. The van der Waals surface area contributed by atoms with E-state index in [0.717, 1.165) is 12.8 Å². The lowest BCUT2D eigenvalue weighted by Gasteiger charge is -1.97. The molecule has 0 aliphatic rings. The van der Waals surface area contributed by atoms with E-state index in [2.05, 4.69) is 36.5 Å². The molecule has 86 valence electrons. The fourth-order valence-electron chi connectivity index (χ4n) is 1.37. The molecule has 0 spiro atoms. The minimum absolute atomic E-state index is 0.912. The van der Waals surface area contributed by atoms with Gasteiger partial charge in [-0.1, -0.05) is 51.4 Å². The first kappa shape index (κ1) is 14.5. The SMILES string of the molecule is CCCCCCCCCC#CC#CC#CO. The maximum atomic E-state index is 8.12. The normalized spacial score (nSPS) is 7.81. The van der Waals surface area contributed by atoms with E-state index in [1.807, 2.05) is 0 Å². The van der Waals surface area contributed by atoms with Crippen molar-refractivity contribution in [2.24, 2.45) is 0 Å². The number of rotatable bonds is 7. The van der Waals surface area contributed by atoms with Crippen LogP contribution in [-0.2, 0) is 0 Å². The minimum atomic E-state index is 0.912. The Morgan fingerprint density at radius 1 is 0.750 bits per heavy atom. The zero-order chi connectivity index (χ0) is 11.9. The number of hydrogen-bond acceptors (Lipinski definition) is 1. The molecule has 0 saturated heterocycles. The number of aliphatic hydroxyl groups is 1. The Morgan fingerprint density at radius 3 is 2.06 bits per heavy atom. The van der Waals surface area contributed by atoms with Gasteiger partial charge in [-0.25, -0.2) is 0 Å². The molecular formula is C15H20O. The Morgan fingerprint density at radius 2 is 1.38 bits per heavy atom. The molecule has 1 nitrogen and oxygen atoms in total. The molecule has 0 atom stereocenters. The van der Waals surface area contributed by atoms with Crippen LogP contribution in [0.3, 0.4) is 0 Å². The van der Waals surface area contributed by atoms with Crippen molar-refractivity contribution >= 4 is 0 Å². The zero-order valence-electron chi connectivity index (χ0n) is 10.1. The van der Waals surface area contributed by atoms with E-state index < -0.39 is 0 Å². The van der Waals surface area contributed by atoms with Crippen molar-refractivity contribution < 1.29 is 5.11 Å². The van der Waals surface area contributed by atoms with Gasteiger partial charge in [-0.3, -0.25) is 0 Å². The van der Waals surface area contributed by atoms with Gasteiger partial charge in [-0.2, -0.15) is 0 Å². The predicted octanol–water partition coefficient (Wildman–Crippen LogP) is 3.47. The van der Waals surface area contributed by atoms with E-state index >= 15 is 0 Å². The average Bonchev–Trinajstić information content (AvgIpc) is 2.31. The second kappa shape index (κ2) is 13.5. The van der Waals surface area contributed by atoms with E-state index in [4.69, 9.17) is 5.11 Å². The van der Waals surface area contributed by atoms with E-state index in [1.54, 1.807) is 6.11 Å². The molecule has 1 N–H and O–H groups in total. The second-order valence-corrected chi connectivity index (χ2v) is 3.66. The molecule has 0 bridgehead atoms. The molecule has 16 heavy (non-hydrogen) atoms. The van der Waals surface area contributed by atoms with Crippen LogP contribution in [0, 0.1) is 35.7 Å². The number of unbranched alkanes of at least 4 members (excludes halogenated alkanes) is 7. The largest absolute Gasteiger partial charge is 0.461 e. The first-order chi connectivity index (χ1) is 7.91. The molecule has 0 aliphatic carbocycles. The molecule has 0 unspecified atom stereocenters. The van der Waals surface area contributed by atoms with Gasteiger partial charge < -0.3 is 5.11 Å².